The van der Waals surface area contributed by atoms with Gasteiger partial charge in [-0.3, -0.25) is 4.79 Å². The van der Waals surface area contributed by atoms with Crippen LogP contribution in [0.15, 0.2) is 48.5 Å². The lowest BCUT2D eigenvalue weighted by Gasteiger charge is -2.15. The maximum Gasteiger partial charge on any atom is 0.231 e. The third kappa shape index (κ3) is 2.78. The molecule has 1 heterocycles. The number of nitrogens with one attached hydrogen (secondary N) is 1. The Balaban J connectivity index is 1.87. The van der Waals surface area contributed by atoms with Crippen LogP contribution in [0.1, 0.15) is 24.8 Å². The van der Waals surface area contributed by atoms with Crippen molar-refractivity contribution in [1.82, 2.24) is 8.75 Å². The van der Waals surface area contributed by atoms with Crippen molar-refractivity contribution in [2.45, 2.75) is 19.3 Å². The normalized spacial score (nSPS) is 12.2. The first-order valence-electron chi connectivity index (χ1n) is 6.86. The zero-order valence-electron chi connectivity index (χ0n) is 11.6. The van der Waals surface area contributed by atoms with Crippen molar-refractivity contribution < 1.29 is 4.79 Å². The largest absolute Gasteiger partial charge is 0.324 e. The Morgan fingerprint density at radius 3 is 2.71 bits per heavy atom. The average Bonchev–Trinajstić information content (AvgIpc) is 2.99. The fourth-order valence-electron chi connectivity index (χ4n) is 2.38. The van der Waals surface area contributed by atoms with Crippen molar-refractivity contribution in [2.24, 2.45) is 0 Å². The van der Waals surface area contributed by atoms with Gasteiger partial charge in [-0.1, -0.05) is 43.3 Å². The first kappa shape index (κ1) is 13.7. The molecule has 106 valence electrons. The van der Waals surface area contributed by atoms with E-state index in [1.54, 1.807) is 0 Å². The van der Waals surface area contributed by atoms with Crippen molar-refractivity contribution in [2.75, 3.05) is 5.32 Å². The molecule has 1 N–H and O–H groups in total. The van der Waals surface area contributed by atoms with Gasteiger partial charge in [0.1, 0.15) is 11.0 Å². The van der Waals surface area contributed by atoms with E-state index in [0.717, 1.165) is 40.4 Å². The number of carbonyl (C=O) groups is 1. The lowest BCUT2D eigenvalue weighted by atomic mass is 9.95. The molecule has 0 radical (unpaired) electrons. The topological polar surface area (TPSA) is 54.9 Å². The van der Waals surface area contributed by atoms with Gasteiger partial charge in [0, 0.05) is 0 Å². The van der Waals surface area contributed by atoms with Crippen LogP contribution in [0.2, 0.25) is 0 Å². The van der Waals surface area contributed by atoms with E-state index < -0.39 is 0 Å². The summed E-state index contributed by atoms with van der Waals surface area (Å²) in [6, 6.07) is 15.5. The number of aromatic nitrogens is 2. The summed E-state index contributed by atoms with van der Waals surface area (Å²) in [6.45, 7) is 2.02. The molecule has 5 heteroatoms. The molecule has 3 aromatic rings. The Bertz CT molecular complexity index is 754. The van der Waals surface area contributed by atoms with Crippen molar-refractivity contribution >= 4 is 34.4 Å². The number of hydrogen-bond acceptors (Lipinski definition) is 4. The highest BCUT2D eigenvalue weighted by atomic mass is 32.1. The zero-order chi connectivity index (χ0) is 14.7. The van der Waals surface area contributed by atoms with Crippen LogP contribution < -0.4 is 5.32 Å². The molecule has 1 aromatic heterocycles. The molecule has 0 saturated heterocycles. The second kappa shape index (κ2) is 6.01. The van der Waals surface area contributed by atoms with Gasteiger partial charge in [-0.15, -0.1) is 0 Å². The summed E-state index contributed by atoms with van der Waals surface area (Å²) in [7, 11) is 0. The molecule has 0 fully saturated rings. The molecule has 0 aliphatic carbocycles. The molecule has 1 amide bonds. The van der Waals surface area contributed by atoms with Crippen LogP contribution in [0.25, 0.3) is 11.0 Å². The van der Waals surface area contributed by atoms with Gasteiger partial charge >= 0.3 is 0 Å². The van der Waals surface area contributed by atoms with Crippen LogP contribution in [-0.2, 0) is 4.79 Å². The van der Waals surface area contributed by atoms with Gasteiger partial charge in [0.05, 0.1) is 23.3 Å². The summed E-state index contributed by atoms with van der Waals surface area (Å²) >= 11 is 1.15. The summed E-state index contributed by atoms with van der Waals surface area (Å²) in [5.41, 5.74) is 3.31. The number of hydrogen-bond donors (Lipinski definition) is 1. The molecular formula is C16H15N3OS. The maximum absolute atomic E-state index is 12.6. The van der Waals surface area contributed by atoms with Crippen LogP contribution in [0.4, 0.5) is 5.69 Å². The van der Waals surface area contributed by atoms with Gasteiger partial charge in [0.15, 0.2) is 0 Å². The standard InChI is InChI=1S/C16H15N3OS/c1-2-12(11-7-4-3-5-8-11)16(20)17-13-9-6-10-14-15(13)19-21-18-14/h3-10,12H,2H2,1H3,(H,17,20). The summed E-state index contributed by atoms with van der Waals surface area (Å²) in [5, 5.41) is 2.99. The van der Waals surface area contributed by atoms with Gasteiger partial charge in [-0.05, 0) is 24.1 Å². The van der Waals surface area contributed by atoms with E-state index in [0.29, 0.717) is 0 Å². The number of carbonyl (C=O) groups excluding carboxylic acids is 1. The van der Waals surface area contributed by atoms with Crippen LogP contribution in [0.5, 0.6) is 0 Å². The fourth-order valence-corrected chi connectivity index (χ4v) is 2.93. The average molecular weight is 297 g/mol. The lowest BCUT2D eigenvalue weighted by Crippen LogP contribution is -2.20. The minimum absolute atomic E-state index is 0.01000. The van der Waals surface area contributed by atoms with E-state index in [2.05, 4.69) is 14.1 Å². The highest BCUT2D eigenvalue weighted by Crippen LogP contribution is 2.25. The minimum atomic E-state index is -0.159. The second-order valence-electron chi connectivity index (χ2n) is 4.80. The predicted molar refractivity (Wildman–Crippen MR) is 85.5 cm³/mol. The third-order valence-electron chi connectivity index (χ3n) is 3.47. The molecule has 0 bridgehead atoms. The van der Waals surface area contributed by atoms with Crippen LogP contribution in [0, 0.1) is 0 Å². The van der Waals surface area contributed by atoms with E-state index in [4.69, 9.17) is 0 Å². The zero-order valence-corrected chi connectivity index (χ0v) is 12.4. The predicted octanol–water partition coefficient (Wildman–Crippen LogP) is 3.82. The SMILES string of the molecule is CCC(C(=O)Nc1cccc2nsnc12)c1ccccc1. The number of nitrogens with zero attached hydrogens (tertiary/aromatic N) is 2. The Morgan fingerprint density at radius 1 is 1.14 bits per heavy atom. The number of fused-ring (bicyclic) bond motifs is 1. The molecule has 1 atom stereocenters. The van der Waals surface area contributed by atoms with Gasteiger partial charge < -0.3 is 5.32 Å². The number of rotatable bonds is 4. The minimum Gasteiger partial charge on any atom is -0.324 e. The summed E-state index contributed by atoms with van der Waals surface area (Å²) in [6.07, 6.45) is 0.751. The van der Waals surface area contributed by atoms with Gasteiger partial charge in [-0.25, -0.2) is 0 Å². The smallest absolute Gasteiger partial charge is 0.231 e. The van der Waals surface area contributed by atoms with Crippen molar-refractivity contribution in [1.29, 1.82) is 0 Å². The van der Waals surface area contributed by atoms with Crippen molar-refractivity contribution in [3.05, 3.63) is 54.1 Å². The summed E-state index contributed by atoms with van der Waals surface area (Å²) < 4.78 is 8.43. The highest BCUT2D eigenvalue weighted by Gasteiger charge is 2.19. The molecule has 1 unspecified atom stereocenters. The fraction of sp³-hybridized carbons (Fsp3) is 0.188. The highest BCUT2D eigenvalue weighted by molar-refractivity contribution is 7.00. The molecule has 4 nitrogen and oxygen atoms in total. The Kier molecular flexibility index (Phi) is 3.92. The first-order chi connectivity index (χ1) is 10.3. The van der Waals surface area contributed by atoms with E-state index in [1.807, 2.05) is 55.5 Å². The lowest BCUT2D eigenvalue weighted by molar-refractivity contribution is -0.117. The molecule has 0 saturated carbocycles. The Hall–Kier alpha value is -2.27. The quantitative estimate of drug-likeness (QED) is 0.796. The molecule has 3 rings (SSSR count). The Morgan fingerprint density at radius 2 is 1.95 bits per heavy atom. The van der Waals surface area contributed by atoms with E-state index >= 15 is 0 Å². The van der Waals surface area contributed by atoms with Crippen LogP contribution >= 0.6 is 11.7 Å². The first-order valence-corrected chi connectivity index (χ1v) is 7.59. The molecular weight excluding hydrogens is 282 g/mol. The van der Waals surface area contributed by atoms with Crippen molar-refractivity contribution in [3.8, 4) is 0 Å². The maximum atomic E-state index is 12.6. The van der Waals surface area contributed by atoms with Crippen LogP contribution in [0.3, 0.4) is 0 Å². The van der Waals surface area contributed by atoms with Crippen molar-refractivity contribution in [3.63, 3.8) is 0 Å². The van der Waals surface area contributed by atoms with Gasteiger partial charge in [0.25, 0.3) is 0 Å². The van der Waals surface area contributed by atoms with Gasteiger partial charge in [-0.2, -0.15) is 8.75 Å². The number of benzene rings is 2. The van der Waals surface area contributed by atoms with E-state index in [-0.39, 0.29) is 11.8 Å². The Labute approximate surface area is 127 Å². The molecule has 0 aliphatic heterocycles. The summed E-state index contributed by atoms with van der Waals surface area (Å²) in [5.74, 6) is -0.169. The number of anilines is 1. The van der Waals surface area contributed by atoms with E-state index in [9.17, 15) is 4.79 Å². The molecule has 0 aliphatic rings. The third-order valence-corrected chi connectivity index (χ3v) is 4.01. The van der Waals surface area contributed by atoms with Gasteiger partial charge in [0.2, 0.25) is 5.91 Å². The molecule has 2 aromatic carbocycles. The number of amides is 1. The molecule has 21 heavy (non-hydrogen) atoms. The second-order valence-corrected chi connectivity index (χ2v) is 5.33. The van der Waals surface area contributed by atoms with E-state index in [1.165, 1.54) is 0 Å². The van der Waals surface area contributed by atoms with Crippen LogP contribution in [-0.4, -0.2) is 14.7 Å². The monoisotopic (exact) mass is 297 g/mol. The summed E-state index contributed by atoms with van der Waals surface area (Å²) in [4.78, 5) is 12.6. The molecule has 0 spiro atoms.